The molecule has 1 aliphatic carbocycles. The van der Waals surface area contributed by atoms with Gasteiger partial charge in [-0.2, -0.15) is 0 Å². The number of ether oxygens (including phenoxy) is 1. The second-order valence-corrected chi connectivity index (χ2v) is 10.9. The number of nitrogens with one attached hydrogen (secondary N) is 1. The number of likely N-dealkylation sites (N-methyl/N-ethyl adjacent to an activating group) is 1. The standard InChI is InChI=1S/C27H26ClN3O7/c1-30-25(36)17-15-10-5-2-3-8-13(10)29-19(15)21-16(18(17)26(30)37)11-6-4-7-12(28)20(11)31(21)27-24(35)23(34)22(33)14(9-32)38-27/h2-8,14,16-18,21-24,27,29,32-35H,9H2,1H3/t14-,16+,17+,18-,21+,22-,23+,24-,27-/m1/s1. The molecule has 0 spiro atoms. The number of rotatable bonds is 2. The highest BCUT2D eigenvalue weighted by Crippen LogP contribution is 2.64. The summed E-state index contributed by atoms with van der Waals surface area (Å²) < 4.78 is 6.03. The lowest BCUT2D eigenvalue weighted by Gasteiger charge is -2.48. The molecule has 9 atom stereocenters. The van der Waals surface area contributed by atoms with Gasteiger partial charge in [0.25, 0.3) is 0 Å². The van der Waals surface area contributed by atoms with Gasteiger partial charge in [0.1, 0.15) is 24.4 Å². The molecule has 0 radical (unpaired) electrons. The Labute approximate surface area is 222 Å². The van der Waals surface area contributed by atoms with Gasteiger partial charge >= 0.3 is 0 Å². The maximum atomic E-state index is 13.7. The van der Waals surface area contributed by atoms with Gasteiger partial charge in [0.2, 0.25) is 11.8 Å². The Balaban J connectivity index is 1.51. The second-order valence-electron chi connectivity index (χ2n) is 10.5. The number of carbonyl (C=O) groups excluding carboxylic acids is 2. The number of para-hydroxylation sites is 2. The van der Waals surface area contributed by atoms with Crippen molar-refractivity contribution in [3.05, 3.63) is 64.3 Å². The van der Waals surface area contributed by atoms with Crippen molar-refractivity contribution in [1.29, 1.82) is 0 Å². The van der Waals surface area contributed by atoms with Crippen LogP contribution in [-0.2, 0) is 14.3 Å². The quantitative estimate of drug-likeness (QED) is 0.303. The van der Waals surface area contributed by atoms with Gasteiger partial charge in [-0.15, -0.1) is 0 Å². The number of benzene rings is 2. The van der Waals surface area contributed by atoms with E-state index < -0.39 is 61.0 Å². The van der Waals surface area contributed by atoms with Crippen LogP contribution in [0, 0.1) is 5.92 Å². The van der Waals surface area contributed by atoms with Crippen molar-refractivity contribution < 1.29 is 34.8 Å². The molecule has 4 aliphatic rings. The highest BCUT2D eigenvalue weighted by molar-refractivity contribution is 6.33. The summed E-state index contributed by atoms with van der Waals surface area (Å²) in [6.07, 6.45) is -7.06. The first-order valence-electron chi connectivity index (χ1n) is 12.6. The van der Waals surface area contributed by atoms with Crippen molar-refractivity contribution in [3.8, 4) is 0 Å². The molecular weight excluding hydrogens is 514 g/mol. The molecule has 0 bridgehead atoms. The number of imide groups is 1. The second kappa shape index (κ2) is 8.25. The van der Waals surface area contributed by atoms with Crippen LogP contribution in [0.5, 0.6) is 0 Å². The third kappa shape index (κ3) is 2.90. The van der Waals surface area contributed by atoms with Crippen LogP contribution in [0.3, 0.4) is 0 Å². The largest absolute Gasteiger partial charge is 0.394 e. The molecule has 198 valence electrons. The van der Waals surface area contributed by atoms with Gasteiger partial charge < -0.3 is 35.0 Å². The molecule has 38 heavy (non-hydrogen) atoms. The predicted octanol–water partition coefficient (Wildman–Crippen LogP) is 0.978. The van der Waals surface area contributed by atoms with E-state index in [4.69, 9.17) is 16.3 Å². The average Bonchev–Trinajstić information content (AvgIpc) is 3.53. The van der Waals surface area contributed by atoms with Crippen molar-refractivity contribution in [2.75, 3.05) is 18.6 Å². The fraction of sp³-hybridized carbons (Fsp3) is 0.407. The van der Waals surface area contributed by atoms with E-state index in [0.29, 0.717) is 22.0 Å². The number of nitrogens with zero attached hydrogens (tertiary/aromatic N) is 2. The number of fused-ring (bicyclic) bond motifs is 10. The average molecular weight is 540 g/mol. The number of halogens is 1. The summed E-state index contributed by atoms with van der Waals surface area (Å²) in [4.78, 5) is 33.6. The fourth-order valence-electron chi connectivity index (χ4n) is 7.12. The van der Waals surface area contributed by atoms with Gasteiger partial charge in [0.15, 0.2) is 6.23 Å². The Morgan fingerprint density at radius 1 is 0.974 bits per heavy atom. The smallest absolute Gasteiger partial charge is 0.237 e. The SMILES string of the molecule is CN1C(=O)[C@@H]2[C@@H]3c4cccc(Cl)c4N([C@@H]4O[C@H](CO)[C@@H](O)[C@H](O)[C@H]4O)[C@@H]3c3[nH]c4ccccc4c3[C@@H]2C1=O. The van der Waals surface area contributed by atoms with Crippen molar-refractivity contribution in [2.45, 2.75) is 48.5 Å². The Hall–Kier alpha value is -2.99. The van der Waals surface area contributed by atoms with Crippen LogP contribution in [0.15, 0.2) is 42.5 Å². The summed E-state index contributed by atoms with van der Waals surface area (Å²) in [6.45, 7) is -0.584. The van der Waals surface area contributed by atoms with Crippen LogP contribution in [-0.4, -0.2) is 86.4 Å². The number of anilines is 1. The number of aliphatic hydroxyl groups excluding tert-OH is 4. The van der Waals surface area contributed by atoms with Crippen molar-refractivity contribution in [3.63, 3.8) is 0 Å². The zero-order chi connectivity index (χ0) is 26.6. The maximum absolute atomic E-state index is 13.7. The number of likely N-dealkylation sites (tertiary alicyclic amines) is 1. The third-order valence-corrected chi connectivity index (χ3v) is 9.06. The molecule has 3 aliphatic heterocycles. The van der Waals surface area contributed by atoms with Crippen LogP contribution in [0.25, 0.3) is 10.9 Å². The minimum atomic E-state index is -1.60. The number of aromatic nitrogens is 1. The summed E-state index contributed by atoms with van der Waals surface area (Å²) >= 11 is 6.76. The van der Waals surface area contributed by atoms with E-state index in [2.05, 4.69) is 4.98 Å². The molecule has 10 nitrogen and oxygen atoms in total. The molecule has 2 amide bonds. The molecular formula is C27H26ClN3O7. The van der Waals surface area contributed by atoms with E-state index in [0.717, 1.165) is 16.5 Å². The lowest BCUT2D eigenvalue weighted by molar-refractivity contribution is -0.230. The van der Waals surface area contributed by atoms with E-state index in [1.54, 1.807) is 17.0 Å². The van der Waals surface area contributed by atoms with E-state index in [1.807, 2.05) is 30.3 Å². The molecule has 2 aromatic carbocycles. The van der Waals surface area contributed by atoms with Crippen molar-refractivity contribution in [2.24, 2.45) is 5.92 Å². The van der Waals surface area contributed by atoms with Crippen molar-refractivity contribution >= 4 is 40.0 Å². The van der Waals surface area contributed by atoms with Crippen molar-refractivity contribution in [1.82, 2.24) is 9.88 Å². The van der Waals surface area contributed by atoms with Gasteiger partial charge in [-0.1, -0.05) is 41.9 Å². The third-order valence-electron chi connectivity index (χ3n) is 8.76. The van der Waals surface area contributed by atoms with E-state index in [1.165, 1.54) is 11.9 Å². The first-order valence-corrected chi connectivity index (χ1v) is 12.9. The summed E-state index contributed by atoms with van der Waals surface area (Å²) in [6, 6.07) is 12.2. The molecule has 11 heteroatoms. The lowest BCUT2D eigenvalue weighted by Crippen LogP contribution is -2.63. The summed E-state index contributed by atoms with van der Waals surface area (Å²) in [5.74, 6) is -2.53. The van der Waals surface area contributed by atoms with Gasteiger partial charge in [0.05, 0.1) is 35.2 Å². The van der Waals surface area contributed by atoms with Gasteiger partial charge in [-0.05, 0) is 23.3 Å². The van der Waals surface area contributed by atoms with E-state index >= 15 is 0 Å². The fourth-order valence-corrected chi connectivity index (χ4v) is 7.39. The van der Waals surface area contributed by atoms with Crippen LogP contribution in [0.4, 0.5) is 5.69 Å². The molecule has 0 saturated carbocycles. The Bertz CT molecular complexity index is 1490. The Morgan fingerprint density at radius 3 is 2.50 bits per heavy atom. The molecule has 3 aromatic rings. The lowest BCUT2D eigenvalue weighted by atomic mass is 9.68. The van der Waals surface area contributed by atoms with Gasteiger partial charge in [-0.3, -0.25) is 14.5 Å². The first-order chi connectivity index (χ1) is 18.3. The zero-order valence-electron chi connectivity index (χ0n) is 20.2. The van der Waals surface area contributed by atoms with Crippen LogP contribution < -0.4 is 4.90 Å². The first kappa shape index (κ1) is 24.1. The molecule has 1 aromatic heterocycles. The number of hydrogen-bond acceptors (Lipinski definition) is 8. The van der Waals surface area contributed by atoms with Crippen LogP contribution in [0.1, 0.15) is 34.7 Å². The number of hydrogen-bond donors (Lipinski definition) is 5. The van der Waals surface area contributed by atoms with Gasteiger partial charge in [-0.25, -0.2) is 0 Å². The van der Waals surface area contributed by atoms with Crippen LogP contribution >= 0.6 is 11.6 Å². The zero-order valence-corrected chi connectivity index (χ0v) is 21.0. The minimum Gasteiger partial charge on any atom is -0.394 e. The number of aliphatic hydroxyl groups is 4. The molecule has 2 fully saturated rings. The molecule has 2 saturated heterocycles. The van der Waals surface area contributed by atoms with E-state index in [-0.39, 0.29) is 11.8 Å². The summed E-state index contributed by atoms with van der Waals surface area (Å²) in [7, 11) is 1.50. The Morgan fingerprint density at radius 2 is 1.74 bits per heavy atom. The van der Waals surface area contributed by atoms with Gasteiger partial charge in [0, 0.05) is 29.6 Å². The number of carbonyl (C=O) groups is 2. The minimum absolute atomic E-state index is 0.278. The highest BCUT2D eigenvalue weighted by atomic mass is 35.5. The van der Waals surface area contributed by atoms with E-state index in [9.17, 15) is 30.0 Å². The number of amides is 2. The summed E-state index contributed by atoms with van der Waals surface area (Å²) in [5, 5.41) is 43.3. The maximum Gasteiger partial charge on any atom is 0.237 e. The molecule has 5 N–H and O–H groups in total. The van der Waals surface area contributed by atoms with Crippen LogP contribution in [0.2, 0.25) is 5.02 Å². The normalized spacial score (nSPS) is 35.9. The summed E-state index contributed by atoms with van der Waals surface area (Å²) in [5.41, 5.74) is 3.43. The highest BCUT2D eigenvalue weighted by Gasteiger charge is 2.63. The Kier molecular flexibility index (Phi) is 5.23. The number of H-pyrrole nitrogens is 1. The number of aromatic amines is 1. The molecule has 4 heterocycles. The topological polar surface area (TPSA) is 147 Å². The monoisotopic (exact) mass is 539 g/mol. The molecule has 7 rings (SSSR count). The predicted molar refractivity (Wildman–Crippen MR) is 135 cm³/mol. The molecule has 0 unspecified atom stereocenters.